The number of hydrogen-bond donors (Lipinski definition) is 1. The van der Waals surface area contributed by atoms with E-state index in [0.29, 0.717) is 21.3 Å². The number of rotatable bonds is 7. The van der Waals surface area contributed by atoms with Gasteiger partial charge in [0.25, 0.3) is 10.0 Å². The van der Waals surface area contributed by atoms with Crippen LogP contribution in [0.25, 0.3) is 32.5 Å². The van der Waals surface area contributed by atoms with Gasteiger partial charge in [-0.25, -0.2) is 41.5 Å². The van der Waals surface area contributed by atoms with Gasteiger partial charge in [-0.05, 0) is 60.5 Å². The van der Waals surface area contributed by atoms with Crippen molar-refractivity contribution in [2.45, 2.75) is 11.3 Å². The first kappa shape index (κ1) is 27.1. The predicted molar refractivity (Wildman–Crippen MR) is 151 cm³/mol. The molecule has 1 fully saturated rings. The number of hydrogen-bond acceptors (Lipinski definition) is 8. The average Bonchev–Trinajstić information content (AvgIpc) is 3.34. The van der Waals surface area contributed by atoms with Gasteiger partial charge in [-0.1, -0.05) is 18.2 Å². The van der Waals surface area contributed by atoms with Crippen LogP contribution in [0.15, 0.2) is 71.8 Å². The van der Waals surface area contributed by atoms with Crippen molar-refractivity contribution in [3.05, 3.63) is 89.6 Å². The van der Waals surface area contributed by atoms with Gasteiger partial charge in [-0.2, -0.15) is 0 Å². The zero-order valence-corrected chi connectivity index (χ0v) is 23.2. The maximum Gasteiger partial charge on any atom is 0.267 e. The number of benzene rings is 2. The number of halogens is 4. The molecule has 6 rings (SSSR count). The lowest BCUT2D eigenvalue weighted by molar-refractivity contribution is 0.521. The molecule has 0 unspecified atom stereocenters. The van der Waals surface area contributed by atoms with Crippen LogP contribution in [0, 0.1) is 17.5 Å². The number of aromatic nitrogens is 4. The molecule has 1 aliphatic rings. The Bertz CT molecular complexity index is 1880. The molecular weight excluding hydrogens is 597 g/mol. The van der Waals surface area contributed by atoms with Gasteiger partial charge in [-0.3, -0.25) is 4.72 Å². The maximum absolute atomic E-state index is 16.0. The lowest BCUT2D eigenvalue weighted by Crippen LogP contribution is -2.37. The standard InChI is InChI=1S/C27H18ClF3N6O2S2/c28-27-32-12-11-19(34-27)24-23(35-26(40-24)20-9-3-10-21(33-20)37-13-4-14-37)15-5-1-8-18(22(15)31)36-41(38,39)25-16(29)6-2-7-17(25)30/h1-3,5-12,36H,4,13-14H2. The van der Waals surface area contributed by atoms with Crippen molar-refractivity contribution in [2.24, 2.45) is 0 Å². The van der Waals surface area contributed by atoms with Gasteiger partial charge in [0, 0.05) is 24.8 Å². The Kier molecular flexibility index (Phi) is 7.09. The van der Waals surface area contributed by atoms with Crippen molar-refractivity contribution in [3.8, 4) is 32.5 Å². The summed E-state index contributed by atoms with van der Waals surface area (Å²) in [5.74, 6) is -2.84. The van der Waals surface area contributed by atoms with E-state index in [2.05, 4.69) is 19.9 Å². The molecule has 3 aromatic heterocycles. The number of nitrogens with one attached hydrogen (secondary N) is 1. The SMILES string of the molecule is O=S(=O)(Nc1cccc(-c2nc(-c3cccc(N4CCC4)n3)sc2-c2ccnc(Cl)n2)c1F)c1c(F)cccc1F. The molecule has 41 heavy (non-hydrogen) atoms. The minimum Gasteiger partial charge on any atom is -0.356 e. The fraction of sp³-hybridized carbons (Fsp3) is 0.111. The quantitative estimate of drug-likeness (QED) is 0.211. The zero-order chi connectivity index (χ0) is 28.7. The van der Waals surface area contributed by atoms with Gasteiger partial charge in [0.05, 0.1) is 22.0 Å². The van der Waals surface area contributed by atoms with Crippen LogP contribution in [0.5, 0.6) is 0 Å². The third-order valence-electron chi connectivity index (χ3n) is 6.31. The van der Waals surface area contributed by atoms with E-state index < -0.39 is 38.1 Å². The molecule has 0 atom stereocenters. The van der Waals surface area contributed by atoms with E-state index in [9.17, 15) is 17.2 Å². The first-order chi connectivity index (χ1) is 19.7. The monoisotopic (exact) mass is 614 g/mol. The summed E-state index contributed by atoms with van der Waals surface area (Å²) < 4.78 is 72.2. The van der Waals surface area contributed by atoms with E-state index in [-0.39, 0.29) is 16.5 Å². The van der Waals surface area contributed by atoms with Crippen LogP contribution in [-0.2, 0) is 10.0 Å². The molecule has 14 heteroatoms. The van der Waals surface area contributed by atoms with E-state index in [1.54, 1.807) is 12.1 Å². The molecule has 0 saturated carbocycles. The van der Waals surface area contributed by atoms with Crippen molar-refractivity contribution in [1.29, 1.82) is 0 Å². The lowest BCUT2D eigenvalue weighted by atomic mass is 10.1. The van der Waals surface area contributed by atoms with Gasteiger partial charge in [0.1, 0.15) is 28.2 Å². The Labute approximate surface area is 241 Å². The van der Waals surface area contributed by atoms with Crippen LogP contribution in [0.4, 0.5) is 24.7 Å². The molecule has 0 aliphatic carbocycles. The van der Waals surface area contributed by atoms with Crippen molar-refractivity contribution >= 4 is 44.5 Å². The summed E-state index contributed by atoms with van der Waals surface area (Å²) in [6.07, 6.45) is 2.52. The summed E-state index contributed by atoms with van der Waals surface area (Å²) in [5, 5.41) is 0.432. The van der Waals surface area contributed by atoms with Crippen LogP contribution in [0.2, 0.25) is 5.28 Å². The van der Waals surface area contributed by atoms with E-state index in [4.69, 9.17) is 16.6 Å². The van der Waals surface area contributed by atoms with E-state index >= 15 is 4.39 Å². The molecule has 0 spiro atoms. The fourth-order valence-corrected chi connectivity index (χ4v) is 6.60. The molecule has 1 aliphatic heterocycles. The van der Waals surface area contributed by atoms with Crippen molar-refractivity contribution in [3.63, 3.8) is 0 Å². The van der Waals surface area contributed by atoms with E-state index in [1.807, 2.05) is 16.9 Å². The molecule has 1 N–H and O–H groups in total. The van der Waals surface area contributed by atoms with Gasteiger partial charge >= 0.3 is 0 Å². The molecule has 1 saturated heterocycles. The Morgan fingerprint density at radius 1 is 0.878 bits per heavy atom. The first-order valence-electron chi connectivity index (χ1n) is 12.2. The molecule has 5 aromatic rings. The van der Waals surface area contributed by atoms with Gasteiger partial charge < -0.3 is 4.90 Å². The Morgan fingerprint density at radius 3 is 2.32 bits per heavy atom. The Morgan fingerprint density at radius 2 is 1.61 bits per heavy atom. The molecule has 4 heterocycles. The highest BCUT2D eigenvalue weighted by atomic mass is 35.5. The second kappa shape index (κ2) is 10.7. The molecule has 208 valence electrons. The second-order valence-electron chi connectivity index (χ2n) is 8.95. The van der Waals surface area contributed by atoms with Crippen molar-refractivity contribution < 1.29 is 21.6 Å². The third kappa shape index (κ3) is 5.23. The molecule has 0 amide bonds. The molecule has 8 nitrogen and oxygen atoms in total. The number of sulfonamides is 1. The number of nitrogens with zero attached hydrogens (tertiary/aromatic N) is 5. The number of pyridine rings is 1. The summed E-state index contributed by atoms with van der Waals surface area (Å²) in [6.45, 7) is 1.80. The Balaban J connectivity index is 1.46. The van der Waals surface area contributed by atoms with Crippen LogP contribution in [-0.4, -0.2) is 41.4 Å². The highest BCUT2D eigenvalue weighted by Crippen LogP contribution is 2.42. The molecular formula is C27H18ClF3N6O2S2. The smallest absolute Gasteiger partial charge is 0.267 e. The first-order valence-corrected chi connectivity index (χ1v) is 14.9. The average molecular weight is 615 g/mol. The van der Waals surface area contributed by atoms with Gasteiger partial charge in [0.2, 0.25) is 5.28 Å². The molecule has 0 radical (unpaired) electrons. The third-order valence-corrected chi connectivity index (χ3v) is 9.00. The lowest BCUT2D eigenvalue weighted by Gasteiger charge is -2.32. The summed E-state index contributed by atoms with van der Waals surface area (Å²) in [7, 11) is -4.82. The molecule has 2 aromatic carbocycles. The normalized spacial score (nSPS) is 13.2. The summed E-state index contributed by atoms with van der Waals surface area (Å²) in [4.78, 5) is 18.9. The van der Waals surface area contributed by atoms with Crippen LogP contribution in [0.3, 0.4) is 0 Å². The van der Waals surface area contributed by atoms with Crippen LogP contribution >= 0.6 is 22.9 Å². The zero-order valence-electron chi connectivity index (χ0n) is 20.9. The van der Waals surface area contributed by atoms with E-state index in [0.717, 1.165) is 49.6 Å². The van der Waals surface area contributed by atoms with Crippen molar-refractivity contribution in [1.82, 2.24) is 19.9 Å². The fourth-order valence-electron chi connectivity index (χ4n) is 4.24. The number of anilines is 2. The highest BCUT2D eigenvalue weighted by Gasteiger charge is 2.27. The van der Waals surface area contributed by atoms with Crippen LogP contribution in [0.1, 0.15) is 6.42 Å². The molecule has 0 bridgehead atoms. The summed E-state index contributed by atoms with van der Waals surface area (Å²) >= 11 is 7.24. The van der Waals surface area contributed by atoms with Gasteiger partial charge in [-0.15, -0.1) is 11.3 Å². The predicted octanol–water partition coefficient (Wildman–Crippen LogP) is 6.41. The topological polar surface area (TPSA) is 101 Å². The number of thiazole rings is 1. The Hall–Kier alpha value is -4.07. The second-order valence-corrected chi connectivity index (χ2v) is 11.9. The minimum atomic E-state index is -4.82. The summed E-state index contributed by atoms with van der Waals surface area (Å²) in [6, 6.07) is 13.7. The van der Waals surface area contributed by atoms with Crippen molar-refractivity contribution in [2.75, 3.05) is 22.7 Å². The highest BCUT2D eigenvalue weighted by molar-refractivity contribution is 7.92. The largest absolute Gasteiger partial charge is 0.356 e. The summed E-state index contributed by atoms with van der Waals surface area (Å²) in [5.41, 5.74) is 0.460. The van der Waals surface area contributed by atoms with Crippen LogP contribution < -0.4 is 9.62 Å². The van der Waals surface area contributed by atoms with E-state index in [1.165, 1.54) is 29.7 Å². The van der Waals surface area contributed by atoms with Gasteiger partial charge in [0.15, 0.2) is 10.7 Å². The maximum atomic E-state index is 16.0. The minimum absolute atomic E-state index is 0.0322.